The zero-order chi connectivity index (χ0) is 11.2. The molecule has 1 aliphatic rings. The van der Waals surface area contributed by atoms with Crippen LogP contribution in [0.5, 0.6) is 0 Å². The summed E-state index contributed by atoms with van der Waals surface area (Å²) in [5.41, 5.74) is 10.8. The first-order valence-corrected chi connectivity index (χ1v) is 5.89. The summed E-state index contributed by atoms with van der Waals surface area (Å²) in [6, 6.07) is 2.51. The number of nitrogens with zero attached hydrogens (tertiary/aromatic N) is 1. The lowest BCUT2D eigenvalue weighted by molar-refractivity contribution is 0.275. The molecule has 1 aromatic heterocycles. The summed E-state index contributed by atoms with van der Waals surface area (Å²) in [4.78, 5) is 0. The molecule has 15 heavy (non-hydrogen) atoms. The van der Waals surface area contributed by atoms with E-state index in [0.29, 0.717) is 5.41 Å². The minimum Gasteiger partial charge on any atom is -0.349 e. The molecule has 1 unspecified atom stereocenters. The summed E-state index contributed by atoms with van der Waals surface area (Å²) in [6.45, 7) is 10.1. The fourth-order valence-electron chi connectivity index (χ4n) is 2.94. The van der Waals surface area contributed by atoms with Gasteiger partial charge in [-0.3, -0.25) is 0 Å². The van der Waals surface area contributed by atoms with Crippen LogP contribution in [0.4, 0.5) is 0 Å². The van der Waals surface area contributed by atoms with E-state index in [0.717, 1.165) is 19.4 Å². The van der Waals surface area contributed by atoms with Crippen molar-refractivity contribution in [3.8, 4) is 0 Å². The highest BCUT2D eigenvalue weighted by atomic mass is 15.0. The molecule has 0 saturated heterocycles. The van der Waals surface area contributed by atoms with Gasteiger partial charge in [-0.05, 0) is 43.7 Å². The summed E-state index contributed by atoms with van der Waals surface area (Å²) in [6.07, 6.45) is 2.27. The molecule has 0 aliphatic heterocycles. The van der Waals surface area contributed by atoms with E-state index < -0.39 is 0 Å². The van der Waals surface area contributed by atoms with Gasteiger partial charge in [-0.25, -0.2) is 0 Å². The Morgan fingerprint density at radius 1 is 1.53 bits per heavy atom. The first kappa shape index (κ1) is 10.7. The molecule has 0 aromatic carbocycles. The van der Waals surface area contributed by atoms with Gasteiger partial charge in [-0.15, -0.1) is 0 Å². The Labute approximate surface area is 92.5 Å². The van der Waals surface area contributed by atoms with Gasteiger partial charge in [-0.2, -0.15) is 0 Å². The van der Waals surface area contributed by atoms with Crippen molar-refractivity contribution in [3.63, 3.8) is 0 Å². The molecular formula is C13H22N2. The van der Waals surface area contributed by atoms with Gasteiger partial charge in [0, 0.05) is 24.0 Å². The highest BCUT2D eigenvalue weighted by Crippen LogP contribution is 2.40. The molecule has 0 saturated carbocycles. The topological polar surface area (TPSA) is 30.9 Å². The van der Waals surface area contributed by atoms with Crippen molar-refractivity contribution in [2.24, 2.45) is 11.1 Å². The fourth-order valence-corrected chi connectivity index (χ4v) is 2.94. The van der Waals surface area contributed by atoms with Crippen molar-refractivity contribution < 1.29 is 0 Å². The quantitative estimate of drug-likeness (QED) is 0.752. The van der Waals surface area contributed by atoms with Gasteiger partial charge in [0.05, 0.1) is 0 Å². The Hall–Kier alpha value is -0.760. The molecule has 1 aliphatic carbocycles. The van der Waals surface area contributed by atoms with E-state index in [2.05, 4.69) is 38.3 Å². The van der Waals surface area contributed by atoms with Gasteiger partial charge in [0.1, 0.15) is 0 Å². The number of rotatable bonds is 1. The minimum atomic E-state index is 0.232. The molecule has 84 valence electrons. The summed E-state index contributed by atoms with van der Waals surface area (Å²) >= 11 is 0. The van der Waals surface area contributed by atoms with Gasteiger partial charge >= 0.3 is 0 Å². The molecule has 0 fully saturated rings. The molecule has 0 radical (unpaired) electrons. The first-order chi connectivity index (χ1) is 6.94. The minimum absolute atomic E-state index is 0.232. The van der Waals surface area contributed by atoms with E-state index in [1.54, 1.807) is 0 Å². The van der Waals surface area contributed by atoms with E-state index in [1.165, 1.54) is 17.0 Å². The van der Waals surface area contributed by atoms with Gasteiger partial charge < -0.3 is 10.3 Å². The van der Waals surface area contributed by atoms with Crippen molar-refractivity contribution in [2.75, 3.05) is 0 Å². The number of aromatic nitrogens is 1. The van der Waals surface area contributed by atoms with Crippen molar-refractivity contribution in [1.82, 2.24) is 4.57 Å². The van der Waals surface area contributed by atoms with Crippen LogP contribution in [0.1, 0.15) is 50.2 Å². The molecule has 0 amide bonds. The maximum Gasteiger partial charge on any atom is 0.0318 e. The van der Waals surface area contributed by atoms with E-state index in [-0.39, 0.29) is 6.04 Å². The maximum absolute atomic E-state index is 6.25. The third-order valence-corrected chi connectivity index (χ3v) is 3.58. The fraction of sp³-hybridized carbons (Fsp3) is 0.692. The number of nitrogens with two attached hydrogens (primary N) is 1. The summed E-state index contributed by atoms with van der Waals surface area (Å²) in [5.74, 6) is 0. The Kier molecular flexibility index (Phi) is 2.42. The van der Waals surface area contributed by atoms with Crippen LogP contribution in [0.2, 0.25) is 0 Å². The Bertz CT molecular complexity index is 374. The van der Waals surface area contributed by atoms with Crippen LogP contribution in [-0.2, 0) is 13.0 Å². The summed E-state index contributed by atoms with van der Waals surface area (Å²) in [5, 5.41) is 0. The molecule has 1 heterocycles. The van der Waals surface area contributed by atoms with Crippen LogP contribution in [-0.4, -0.2) is 4.57 Å². The van der Waals surface area contributed by atoms with Crippen molar-refractivity contribution >= 4 is 0 Å². The third kappa shape index (κ3) is 1.71. The van der Waals surface area contributed by atoms with Crippen molar-refractivity contribution in [2.45, 2.75) is 53.1 Å². The molecule has 1 aromatic rings. The lowest BCUT2D eigenvalue weighted by Gasteiger charge is -2.34. The molecule has 1 atom stereocenters. The third-order valence-electron chi connectivity index (χ3n) is 3.58. The number of fused-ring (bicyclic) bond motifs is 1. The van der Waals surface area contributed by atoms with Gasteiger partial charge in [-0.1, -0.05) is 13.8 Å². The van der Waals surface area contributed by atoms with E-state index in [9.17, 15) is 0 Å². The van der Waals surface area contributed by atoms with Gasteiger partial charge in [0.15, 0.2) is 0 Å². The molecule has 2 heteroatoms. The highest BCUT2D eigenvalue weighted by Gasteiger charge is 2.32. The van der Waals surface area contributed by atoms with E-state index in [1.807, 2.05) is 0 Å². The van der Waals surface area contributed by atoms with Crippen molar-refractivity contribution in [1.29, 1.82) is 0 Å². The van der Waals surface area contributed by atoms with Crippen LogP contribution in [0.15, 0.2) is 6.07 Å². The van der Waals surface area contributed by atoms with Crippen molar-refractivity contribution in [3.05, 3.63) is 23.0 Å². The lowest BCUT2D eigenvalue weighted by Crippen LogP contribution is -2.30. The number of hydrogen-bond donors (Lipinski definition) is 1. The second-order valence-corrected chi connectivity index (χ2v) is 5.58. The molecule has 0 bridgehead atoms. The smallest absolute Gasteiger partial charge is 0.0318 e. The van der Waals surface area contributed by atoms with E-state index >= 15 is 0 Å². The first-order valence-electron chi connectivity index (χ1n) is 5.89. The molecule has 2 rings (SSSR count). The lowest BCUT2D eigenvalue weighted by atomic mass is 9.74. The number of aryl methyl sites for hydroxylation is 1. The maximum atomic E-state index is 6.25. The van der Waals surface area contributed by atoms with Crippen LogP contribution in [0.3, 0.4) is 0 Å². The average Bonchev–Trinajstić information content (AvgIpc) is 2.40. The normalized spacial score (nSPS) is 23.9. The zero-order valence-electron chi connectivity index (χ0n) is 10.3. The largest absolute Gasteiger partial charge is 0.349 e. The second kappa shape index (κ2) is 3.38. The van der Waals surface area contributed by atoms with Gasteiger partial charge in [0.2, 0.25) is 0 Å². The van der Waals surface area contributed by atoms with Gasteiger partial charge in [0.25, 0.3) is 0 Å². The molecular weight excluding hydrogens is 184 g/mol. The van der Waals surface area contributed by atoms with Crippen LogP contribution in [0.25, 0.3) is 0 Å². The standard InChI is InChI=1S/C13H22N2/c1-5-15-9(2)6-10-11(14)7-13(3,4)8-12(10)15/h6,11H,5,7-8,14H2,1-4H3. The summed E-state index contributed by atoms with van der Waals surface area (Å²) < 4.78 is 2.41. The Balaban J connectivity index is 2.51. The molecule has 0 spiro atoms. The molecule has 2 nitrogen and oxygen atoms in total. The monoisotopic (exact) mass is 206 g/mol. The number of hydrogen-bond acceptors (Lipinski definition) is 1. The Morgan fingerprint density at radius 2 is 2.20 bits per heavy atom. The average molecular weight is 206 g/mol. The van der Waals surface area contributed by atoms with Crippen LogP contribution < -0.4 is 5.73 Å². The van der Waals surface area contributed by atoms with E-state index in [4.69, 9.17) is 5.73 Å². The highest BCUT2D eigenvalue weighted by molar-refractivity contribution is 5.33. The van der Waals surface area contributed by atoms with Crippen LogP contribution >= 0.6 is 0 Å². The summed E-state index contributed by atoms with van der Waals surface area (Å²) in [7, 11) is 0. The predicted molar refractivity (Wildman–Crippen MR) is 63.9 cm³/mol. The second-order valence-electron chi connectivity index (χ2n) is 5.58. The predicted octanol–water partition coefficient (Wildman–Crippen LogP) is 2.79. The Morgan fingerprint density at radius 3 is 2.80 bits per heavy atom. The zero-order valence-corrected chi connectivity index (χ0v) is 10.3. The SMILES string of the molecule is CCn1c(C)cc2c1CC(C)(C)CC2N. The molecule has 2 N–H and O–H groups in total. The van der Waals surface area contributed by atoms with Crippen LogP contribution in [0, 0.1) is 12.3 Å².